The Morgan fingerprint density at radius 1 is 1.36 bits per heavy atom. The molecule has 0 aliphatic rings. The molecular formula is C14H9BrF3N3O4. The number of halogens is 4. The van der Waals surface area contributed by atoms with Gasteiger partial charge in [-0.3, -0.25) is 14.9 Å². The molecule has 0 bridgehead atoms. The summed E-state index contributed by atoms with van der Waals surface area (Å²) in [5.41, 5.74) is -0.000721. The maximum absolute atomic E-state index is 12.6. The molecule has 132 valence electrons. The van der Waals surface area contributed by atoms with Crippen molar-refractivity contribution in [1.29, 1.82) is 0 Å². The molecule has 1 aromatic heterocycles. The molecule has 1 amide bonds. The van der Waals surface area contributed by atoms with Crippen molar-refractivity contribution in [3.05, 3.63) is 62.0 Å². The maximum Gasteiger partial charge on any atom is 0.416 e. The second kappa shape index (κ2) is 7.47. The predicted octanol–water partition coefficient (Wildman–Crippen LogP) is 3.66. The summed E-state index contributed by atoms with van der Waals surface area (Å²) in [6.45, 7) is 0. The van der Waals surface area contributed by atoms with Crippen molar-refractivity contribution in [2.45, 2.75) is 12.6 Å². The highest BCUT2D eigenvalue weighted by molar-refractivity contribution is 9.10. The molecule has 11 heteroatoms. The van der Waals surface area contributed by atoms with Gasteiger partial charge in [0.2, 0.25) is 5.91 Å². The summed E-state index contributed by atoms with van der Waals surface area (Å²) in [6.07, 6.45) is -4.02. The number of hydrogen-bond acceptors (Lipinski definition) is 5. The van der Waals surface area contributed by atoms with Crippen LogP contribution >= 0.6 is 15.9 Å². The van der Waals surface area contributed by atoms with Gasteiger partial charge < -0.3 is 4.42 Å². The second-order valence-corrected chi connectivity index (χ2v) is 5.49. The van der Waals surface area contributed by atoms with Crippen molar-refractivity contribution < 1.29 is 27.3 Å². The zero-order valence-corrected chi connectivity index (χ0v) is 13.8. The van der Waals surface area contributed by atoms with E-state index in [-0.39, 0.29) is 5.56 Å². The molecule has 2 aromatic rings. The van der Waals surface area contributed by atoms with E-state index in [1.54, 1.807) is 12.1 Å². The number of nitro groups is 1. The molecule has 0 atom stereocenters. The van der Waals surface area contributed by atoms with Crippen molar-refractivity contribution in [1.82, 2.24) is 5.43 Å². The highest BCUT2D eigenvalue weighted by Gasteiger charge is 2.33. The van der Waals surface area contributed by atoms with E-state index in [1.165, 1.54) is 6.21 Å². The number of nitro benzene ring substituents is 1. The lowest BCUT2D eigenvalue weighted by molar-refractivity contribution is -0.385. The van der Waals surface area contributed by atoms with Crippen molar-refractivity contribution in [3.63, 3.8) is 0 Å². The van der Waals surface area contributed by atoms with Gasteiger partial charge in [-0.25, -0.2) is 5.43 Å². The Kier molecular flexibility index (Phi) is 5.57. The molecule has 25 heavy (non-hydrogen) atoms. The van der Waals surface area contributed by atoms with Gasteiger partial charge in [0, 0.05) is 11.6 Å². The molecule has 1 aromatic carbocycles. The molecule has 0 fully saturated rings. The van der Waals surface area contributed by atoms with Gasteiger partial charge >= 0.3 is 6.18 Å². The number of carbonyl (C=O) groups is 1. The highest BCUT2D eigenvalue weighted by atomic mass is 79.9. The first-order valence-corrected chi connectivity index (χ1v) is 7.38. The smallest absolute Gasteiger partial charge is 0.416 e. The summed E-state index contributed by atoms with van der Waals surface area (Å²) in [5, 5.41) is 14.5. The van der Waals surface area contributed by atoms with Gasteiger partial charge in [-0.1, -0.05) is 6.07 Å². The van der Waals surface area contributed by atoms with Crippen molar-refractivity contribution in [2.24, 2.45) is 5.10 Å². The summed E-state index contributed by atoms with van der Waals surface area (Å²) in [4.78, 5) is 21.7. The van der Waals surface area contributed by atoms with Gasteiger partial charge in [-0.15, -0.1) is 0 Å². The minimum Gasteiger partial charge on any atom is -0.448 e. The van der Waals surface area contributed by atoms with Crippen LogP contribution < -0.4 is 5.43 Å². The number of nitrogens with one attached hydrogen (secondary N) is 1. The van der Waals surface area contributed by atoms with Crippen LogP contribution in [-0.4, -0.2) is 17.0 Å². The zero-order valence-electron chi connectivity index (χ0n) is 12.2. The topological polar surface area (TPSA) is 97.7 Å². The normalized spacial score (nSPS) is 11.7. The molecule has 7 nitrogen and oxygen atoms in total. The predicted molar refractivity (Wildman–Crippen MR) is 83.9 cm³/mol. The Balaban J connectivity index is 2.09. The first-order chi connectivity index (χ1) is 11.7. The van der Waals surface area contributed by atoms with E-state index < -0.39 is 34.7 Å². The third kappa shape index (κ3) is 5.14. The van der Waals surface area contributed by atoms with E-state index in [1.807, 2.05) is 0 Å². The summed E-state index contributed by atoms with van der Waals surface area (Å²) < 4.78 is 43.4. The van der Waals surface area contributed by atoms with Crippen LogP contribution in [0.5, 0.6) is 0 Å². The fraction of sp³-hybridized carbons (Fsp3) is 0.143. The molecule has 0 unspecified atom stereocenters. The van der Waals surface area contributed by atoms with Crippen LogP contribution in [0.15, 0.2) is 44.5 Å². The van der Waals surface area contributed by atoms with Gasteiger partial charge in [0.15, 0.2) is 4.67 Å². The number of nitrogens with zero attached hydrogens (tertiary/aromatic N) is 2. The van der Waals surface area contributed by atoms with E-state index >= 15 is 0 Å². The molecule has 0 aliphatic carbocycles. The van der Waals surface area contributed by atoms with E-state index in [0.29, 0.717) is 22.6 Å². The molecule has 0 aliphatic heterocycles. The fourth-order valence-electron chi connectivity index (χ4n) is 1.84. The van der Waals surface area contributed by atoms with E-state index in [0.717, 1.165) is 6.07 Å². The third-order valence-electron chi connectivity index (χ3n) is 2.94. The number of hydrazone groups is 1. The minimum absolute atomic E-state index is 0.161. The Morgan fingerprint density at radius 3 is 2.64 bits per heavy atom. The standard InChI is InChI=1S/C14H9BrF3N3O4/c15-12-4-3-10(25-12)7-19-20-13(22)5-8-1-2-9(14(16,17)18)6-11(8)21(23)24/h1-4,6-7H,5H2,(H,20,22)/b19-7+. The molecule has 0 spiro atoms. The Hall–Kier alpha value is -2.69. The number of furan rings is 1. The van der Waals surface area contributed by atoms with Gasteiger partial charge in [0.25, 0.3) is 5.69 Å². The summed E-state index contributed by atoms with van der Waals surface area (Å²) in [5.74, 6) is -0.391. The van der Waals surface area contributed by atoms with Gasteiger partial charge in [-0.05, 0) is 34.1 Å². The number of alkyl halides is 3. The summed E-state index contributed by atoms with van der Waals surface area (Å²) >= 11 is 3.08. The van der Waals surface area contributed by atoms with Gasteiger partial charge in [0.05, 0.1) is 23.1 Å². The van der Waals surface area contributed by atoms with Crippen LogP contribution in [0.25, 0.3) is 0 Å². The lowest BCUT2D eigenvalue weighted by Gasteiger charge is -2.08. The Bertz CT molecular complexity index is 833. The minimum atomic E-state index is -4.72. The average Bonchev–Trinajstić information content (AvgIpc) is 2.91. The van der Waals surface area contributed by atoms with Crippen LogP contribution in [0.3, 0.4) is 0 Å². The lowest BCUT2D eigenvalue weighted by Crippen LogP contribution is -2.20. The number of amides is 1. The number of rotatable bonds is 5. The second-order valence-electron chi connectivity index (χ2n) is 4.71. The van der Waals surface area contributed by atoms with Crippen LogP contribution in [0.1, 0.15) is 16.9 Å². The first kappa shape index (κ1) is 18.6. The highest BCUT2D eigenvalue weighted by Crippen LogP contribution is 2.33. The Labute approximate surface area is 146 Å². The first-order valence-electron chi connectivity index (χ1n) is 6.58. The molecule has 2 rings (SSSR count). The van der Waals surface area contributed by atoms with Crippen LogP contribution in [0.4, 0.5) is 18.9 Å². The van der Waals surface area contributed by atoms with E-state index in [2.05, 4.69) is 26.5 Å². The third-order valence-corrected chi connectivity index (χ3v) is 3.36. The quantitative estimate of drug-likeness (QED) is 0.454. The van der Waals surface area contributed by atoms with Gasteiger partial charge in [-0.2, -0.15) is 18.3 Å². The molecule has 0 saturated heterocycles. The average molecular weight is 420 g/mol. The Morgan fingerprint density at radius 2 is 2.08 bits per heavy atom. The molecule has 0 radical (unpaired) electrons. The summed E-state index contributed by atoms with van der Waals surface area (Å²) in [7, 11) is 0. The fourth-order valence-corrected chi connectivity index (χ4v) is 2.16. The number of benzene rings is 1. The van der Waals surface area contributed by atoms with Gasteiger partial charge in [0.1, 0.15) is 5.76 Å². The number of hydrogen-bond donors (Lipinski definition) is 1. The maximum atomic E-state index is 12.6. The lowest BCUT2D eigenvalue weighted by atomic mass is 10.1. The van der Waals surface area contributed by atoms with Crippen LogP contribution in [0.2, 0.25) is 0 Å². The van der Waals surface area contributed by atoms with E-state index in [4.69, 9.17) is 4.42 Å². The van der Waals surface area contributed by atoms with Crippen LogP contribution in [-0.2, 0) is 17.4 Å². The van der Waals surface area contributed by atoms with Crippen molar-refractivity contribution in [3.8, 4) is 0 Å². The molecule has 1 heterocycles. The largest absolute Gasteiger partial charge is 0.448 e. The molecule has 1 N–H and O–H groups in total. The van der Waals surface area contributed by atoms with Crippen molar-refractivity contribution in [2.75, 3.05) is 0 Å². The van der Waals surface area contributed by atoms with Crippen LogP contribution in [0, 0.1) is 10.1 Å². The molecular weight excluding hydrogens is 411 g/mol. The monoisotopic (exact) mass is 419 g/mol. The zero-order chi connectivity index (χ0) is 18.6. The van der Waals surface area contributed by atoms with Crippen molar-refractivity contribution >= 4 is 33.7 Å². The van der Waals surface area contributed by atoms with E-state index in [9.17, 15) is 28.1 Å². The SMILES string of the molecule is O=C(Cc1ccc(C(F)(F)F)cc1[N+](=O)[O-])N/N=C/c1ccc(Br)o1. The number of carbonyl (C=O) groups excluding carboxylic acids is 1. The molecule has 0 saturated carbocycles. The summed E-state index contributed by atoms with van der Waals surface area (Å²) in [6, 6.07) is 5.15.